The van der Waals surface area contributed by atoms with Gasteiger partial charge in [0, 0.05) is 17.6 Å². The zero-order valence-electron chi connectivity index (χ0n) is 11.6. The van der Waals surface area contributed by atoms with E-state index >= 15 is 0 Å². The first kappa shape index (κ1) is 14.6. The maximum Gasteiger partial charge on any atom is 0.266 e. The fraction of sp³-hybridized carbons (Fsp3) is 0.286. The van der Waals surface area contributed by atoms with Crippen molar-refractivity contribution in [3.05, 3.63) is 40.5 Å². The van der Waals surface area contributed by atoms with Crippen molar-refractivity contribution in [3.8, 4) is 5.75 Å². The Morgan fingerprint density at radius 1 is 1.40 bits per heavy atom. The number of hydrogen-bond donors (Lipinski definition) is 1. The van der Waals surface area contributed by atoms with E-state index in [9.17, 15) is 4.79 Å². The third-order valence-corrected chi connectivity index (χ3v) is 3.28. The molecule has 2 aromatic rings. The van der Waals surface area contributed by atoms with Crippen LogP contribution in [0.3, 0.4) is 0 Å². The highest BCUT2D eigenvalue weighted by Gasteiger charge is 2.16. The Bertz CT molecular complexity index is 607. The van der Waals surface area contributed by atoms with Crippen molar-refractivity contribution in [1.82, 2.24) is 9.78 Å². The second kappa shape index (κ2) is 6.09. The largest absolute Gasteiger partial charge is 0.481 e. The minimum absolute atomic E-state index is 0.212. The lowest BCUT2D eigenvalue weighted by Crippen LogP contribution is -2.30. The first-order valence-electron chi connectivity index (χ1n) is 6.19. The van der Waals surface area contributed by atoms with E-state index in [4.69, 9.17) is 4.74 Å². The third kappa shape index (κ3) is 3.60. The summed E-state index contributed by atoms with van der Waals surface area (Å²) in [4.78, 5) is 12.1. The van der Waals surface area contributed by atoms with E-state index in [0.29, 0.717) is 11.6 Å². The van der Waals surface area contributed by atoms with Crippen LogP contribution in [0.2, 0.25) is 0 Å². The number of ether oxygens (including phenoxy) is 1. The summed E-state index contributed by atoms with van der Waals surface area (Å²) in [6.07, 6.45) is -0.591. The number of amides is 1. The van der Waals surface area contributed by atoms with Crippen LogP contribution >= 0.6 is 15.9 Å². The van der Waals surface area contributed by atoms with Crippen molar-refractivity contribution in [2.24, 2.45) is 7.05 Å². The zero-order chi connectivity index (χ0) is 14.7. The van der Waals surface area contributed by atoms with Gasteiger partial charge < -0.3 is 10.1 Å². The van der Waals surface area contributed by atoms with E-state index in [1.54, 1.807) is 18.7 Å². The molecule has 1 aromatic carbocycles. The Hall–Kier alpha value is -1.82. The summed E-state index contributed by atoms with van der Waals surface area (Å²) in [5.41, 5.74) is 0.851. The Labute approximate surface area is 126 Å². The summed E-state index contributed by atoms with van der Waals surface area (Å²) in [5.74, 6) is 1.09. The lowest BCUT2D eigenvalue weighted by atomic mass is 10.3. The van der Waals surface area contributed by atoms with Gasteiger partial charge in [0.2, 0.25) is 0 Å². The van der Waals surface area contributed by atoms with Crippen LogP contribution in [0.15, 0.2) is 34.8 Å². The number of benzene rings is 1. The van der Waals surface area contributed by atoms with Crippen LogP contribution in [0.5, 0.6) is 5.75 Å². The van der Waals surface area contributed by atoms with Gasteiger partial charge in [-0.1, -0.05) is 15.9 Å². The Kier molecular flexibility index (Phi) is 4.44. The number of carbonyl (C=O) groups excluding carboxylic acids is 1. The van der Waals surface area contributed by atoms with Gasteiger partial charge in [0.1, 0.15) is 11.6 Å². The van der Waals surface area contributed by atoms with Crippen LogP contribution in [0.4, 0.5) is 5.82 Å². The van der Waals surface area contributed by atoms with Crippen LogP contribution in [-0.2, 0) is 11.8 Å². The van der Waals surface area contributed by atoms with E-state index in [0.717, 1.165) is 10.2 Å². The van der Waals surface area contributed by atoms with Crippen molar-refractivity contribution < 1.29 is 9.53 Å². The number of aromatic nitrogens is 2. The smallest absolute Gasteiger partial charge is 0.266 e. The van der Waals surface area contributed by atoms with Gasteiger partial charge in [-0.3, -0.25) is 9.48 Å². The topological polar surface area (TPSA) is 56.1 Å². The van der Waals surface area contributed by atoms with Gasteiger partial charge in [-0.05, 0) is 38.1 Å². The summed E-state index contributed by atoms with van der Waals surface area (Å²) < 4.78 is 8.18. The summed E-state index contributed by atoms with van der Waals surface area (Å²) in [6, 6.07) is 9.16. The van der Waals surface area contributed by atoms with Gasteiger partial charge in [-0.15, -0.1) is 0 Å². The maximum absolute atomic E-state index is 12.1. The molecule has 0 spiro atoms. The highest BCUT2D eigenvalue weighted by Crippen LogP contribution is 2.18. The third-order valence-electron chi connectivity index (χ3n) is 2.75. The zero-order valence-corrected chi connectivity index (χ0v) is 13.1. The Morgan fingerprint density at radius 2 is 2.05 bits per heavy atom. The van der Waals surface area contributed by atoms with Crippen LogP contribution in [-0.4, -0.2) is 21.8 Å². The molecule has 0 saturated carbocycles. The predicted molar refractivity (Wildman–Crippen MR) is 80.8 cm³/mol. The minimum atomic E-state index is -0.591. The number of aryl methyl sites for hydroxylation is 2. The van der Waals surface area contributed by atoms with Crippen molar-refractivity contribution in [3.63, 3.8) is 0 Å². The molecule has 0 radical (unpaired) electrons. The number of halogens is 1. The fourth-order valence-corrected chi connectivity index (χ4v) is 1.99. The van der Waals surface area contributed by atoms with Crippen molar-refractivity contribution in [2.75, 3.05) is 5.32 Å². The molecule has 1 unspecified atom stereocenters. The second-order valence-electron chi connectivity index (χ2n) is 4.50. The predicted octanol–water partition coefficient (Wildman–Crippen LogP) is 2.90. The van der Waals surface area contributed by atoms with Crippen molar-refractivity contribution in [2.45, 2.75) is 20.0 Å². The molecule has 6 heteroatoms. The molecule has 2 rings (SSSR count). The second-order valence-corrected chi connectivity index (χ2v) is 5.41. The normalized spacial score (nSPS) is 12.0. The van der Waals surface area contributed by atoms with E-state index in [1.165, 1.54) is 0 Å². The quantitative estimate of drug-likeness (QED) is 0.933. The van der Waals surface area contributed by atoms with Crippen molar-refractivity contribution in [1.29, 1.82) is 0 Å². The number of nitrogens with zero attached hydrogens (tertiary/aromatic N) is 2. The number of nitrogens with one attached hydrogen (secondary N) is 1. The average molecular weight is 338 g/mol. The van der Waals surface area contributed by atoms with Crippen molar-refractivity contribution >= 4 is 27.7 Å². The minimum Gasteiger partial charge on any atom is -0.481 e. The Morgan fingerprint density at radius 3 is 2.60 bits per heavy atom. The molecule has 1 atom stereocenters. The van der Waals surface area contributed by atoms with Crippen LogP contribution in [0.25, 0.3) is 0 Å². The van der Waals surface area contributed by atoms with Gasteiger partial charge in [0.05, 0.1) is 5.69 Å². The molecule has 5 nitrogen and oxygen atoms in total. The standard InChI is InChI=1S/C14H16BrN3O2/c1-9-8-13(18(3)17-9)16-14(19)10(2)20-12-6-4-11(15)5-7-12/h4-8,10H,1-3H3,(H,16,19). The molecule has 0 saturated heterocycles. The SMILES string of the molecule is Cc1cc(NC(=O)C(C)Oc2ccc(Br)cc2)n(C)n1. The average Bonchev–Trinajstić information content (AvgIpc) is 2.70. The van der Waals surface area contributed by atoms with E-state index in [-0.39, 0.29) is 5.91 Å². The van der Waals surface area contributed by atoms with E-state index in [2.05, 4.69) is 26.3 Å². The fourth-order valence-electron chi connectivity index (χ4n) is 1.73. The van der Waals surface area contributed by atoms with Gasteiger partial charge in [0.15, 0.2) is 6.10 Å². The summed E-state index contributed by atoms with van der Waals surface area (Å²) in [5, 5.41) is 6.96. The molecule has 0 aliphatic rings. The molecular formula is C14H16BrN3O2. The van der Waals surface area contributed by atoms with E-state index in [1.807, 2.05) is 37.3 Å². The molecular weight excluding hydrogens is 322 g/mol. The molecule has 0 aliphatic carbocycles. The maximum atomic E-state index is 12.1. The highest BCUT2D eigenvalue weighted by atomic mass is 79.9. The van der Waals surface area contributed by atoms with Crippen LogP contribution < -0.4 is 10.1 Å². The monoisotopic (exact) mass is 337 g/mol. The number of anilines is 1. The van der Waals surface area contributed by atoms with Gasteiger partial charge >= 0.3 is 0 Å². The van der Waals surface area contributed by atoms with Gasteiger partial charge in [0.25, 0.3) is 5.91 Å². The van der Waals surface area contributed by atoms with Crippen LogP contribution in [0.1, 0.15) is 12.6 Å². The molecule has 106 valence electrons. The number of hydrogen-bond acceptors (Lipinski definition) is 3. The van der Waals surface area contributed by atoms with Gasteiger partial charge in [-0.25, -0.2) is 0 Å². The molecule has 1 aromatic heterocycles. The van der Waals surface area contributed by atoms with Gasteiger partial charge in [-0.2, -0.15) is 5.10 Å². The molecule has 1 N–H and O–H groups in total. The Balaban J connectivity index is 1.98. The molecule has 1 amide bonds. The lowest BCUT2D eigenvalue weighted by molar-refractivity contribution is -0.122. The van der Waals surface area contributed by atoms with E-state index < -0.39 is 6.10 Å². The summed E-state index contributed by atoms with van der Waals surface area (Å²) in [6.45, 7) is 3.58. The molecule has 1 heterocycles. The van der Waals surface area contributed by atoms with Crippen LogP contribution in [0, 0.1) is 6.92 Å². The molecule has 0 aliphatic heterocycles. The number of carbonyl (C=O) groups is 1. The summed E-state index contributed by atoms with van der Waals surface area (Å²) >= 11 is 3.35. The molecule has 20 heavy (non-hydrogen) atoms. The highest BCUT2D eigenvalue weighted by molar-refractivity contribution is 9.10. The first-order chi connectivity index (χ1) is 9.45. The number of rotatable bonds is 4. The molecule has 0 bridgehead atoms. The lowest BCUT2D eigenvalue weighted by Gasteiger charge is -2.14. The summed E-state index contributed by atoms with van der Waals surface area (Å²) in [7, 11) is 1.78. The molecule has 0 fully saturated rings. The first-order valence-corrected chi connectivity index (χ1v) is 6.99.